The second-order valence-electron chi connectivity index (χ2n) is 5.92. The maximum absolute atomic E-state index is 12.4. The van der Waals surface area contributed by atoms with Gasteiger partial charge < -0.3 is 23.9 Å². The number of nitrogens with one attached hydrogen (secondary N) is 1. The lowest BCUT2D eigenvalue weighted by Gasteiger charge is -2.10. The molecule has 0 saturated carbocycles. The van der Waals surface area contributed by atoms with E-state index in [1.807, 2.05) is 18.2 Å². The van der Waals surface area contributed by atoms with Crippen molar-refractivity contribution in [3.8, 4) is 28.7 Å². The van der Waals surface area contributed by atoms with Crippen molar-refractivity contribution < 1.29 is 23.4 Å². The molecule has 8 nitrogen and oxygen atoms in total. The number of hydrogen-bond donors (Lipinski definition) is 1. The molecule has 1 aliphatic heterocycles. The monoisotopic (exact) mass is 399 g/mol. The summed E-state index contributed by atoms with van der Waals surface area (Å²) < 4.78 is 21.5. The molecule has 0 unspecified atom stereocenters. The van der Waals surface area contributed by atoms with Gasteiger partial charge in [0.05, 0.1) is 12.4 Å². The molecule has 0 radical (unpaired) electrons. The summed E-state index contributed by atoms with van der Waals surface area (Å²) in [6.07, 6.45) is 0. The van der Waals surface area contributed by atoms with Crippen molar-refractivity contribution in [3.63, 3.8) is 0 Å². The third-order valence-corrected chi connectivity index (χ3v) is 4.94. The summed E-state index contributed by atoms with van der Waals surface area (Å²) in [6, 6.07) is 12.5. The summed E-state index contributed by atoms with van der Waals surface area (Å²) in [7, 11) is 1.58. The Morgan fingerprint density at radius 2 is 2.04 bits per heavy atom. The van der Waals surface area contributed by atoms with Crippen LogP contribution < -0.4 is 19.5 Å². The number of thioether (sulfide) groups is 1. The van der Waals surface area contributed by atoms with Gasteiger partial charge in [-0.1, -0.05) is 17.8 Å². The van der Waals surface area contributed by atoms with Crippen LogP contribution >= 0.6 is 11.8 Å². The van der Waals surface area contributed by atoms with E-state index in [4.69, 9.17) is 18.6 Å². The van der Waals surface area contributed by atoms with E-state index in [0.717, 1.165) is 5.56 Å². The molecule has 2 aromatic carbocycles. The van der Waals surface area contributed by atoms with E-state index in [1.54, 1.807) is 38.3 Å². The number of nitrogens with zero attached hydrogens (tertiary/aromatic N) is 2. The van der Waals surface area contributed by atoms with Gasteiger partial charge in [-0.05, 0) is 37.3 Å². The molecule has 0 spiro atoms. The van der Waals surface area contributed by atoms with Crippen LogP contribution in [0, 0.1) is 0 Å². The number of amides is 1. The Morgan fingerprint density at radius 1 is 1.18 bits per heavy atom. The molecule has 2 heterocycles. The number of aromatic nitrogens is 2. The average molecular weight is 399 g/mol. The SMILES string of the molecule is COc1cccc(NC(=O)[C@@H](C)Sc2nnc(-c3ccc4c(c3)OCO4)o2)c1. The highest BCUT2D eigenvalue weighted by Gasteiger charge is 2.20. The van der Waals surface area contributed by atoms with Crippen molar-refractivity contribution in [1.82, 2.24) is 10.2 Å². The molecule has 28 heavy (non-hydrogen) atoms. The highest BCUT2D eigenvalue weighted by molar-refractivity contribution is 8.00. The topological polar surface area (TPSA) is 95.7 Å². The normalized spacial score (nSPS) is 13.2. The first-order chi connectivity index (χ1) is 13.6. The molecule has 1 atom stereocenters. The van der Waals surface area contributed by atoms with Crippen molar-refractivity contribution in [3.05, 3.63) is 42.5 Å². The van der Waals surface area contributed by atoms with Gasteiger partial charge in [0.1, 0.15) is 5.75 Å². The second-order valence-corrected chi connectivity index (χ2v) is 7.21. The van der Waals surface area contributed by atoms with Crippen LogP contribution in [0.2, 0.25) is 0 Å². The van der Waals surface area contributed by atoms with Crippen molar-refractivity contribution in [1.29, 1.82) is 0 Å². The van der Waals surface area contributed by atoms with Crippen LogP contribution in [0.3, 0.4) is 0 Å². The van der Waals surface area contributed by atoms with Crippen molar-refractivity contribution >= 4 is 23.4 Å². The Bertz CT molecular complexity index is 1010. The number of ether oxygens (including phenoxy) is 3. The highest BCUT2D eigenvalue weighted by Crippen LogP contribution is 2.36. The number of anilines is 1. The van der Waals surface area contributed by atoms with Crippen LogP contribution in [0.1, 0.15) is 6.92 Å². The molecule has 0 saturated heterocycles. The zero-order chi connectivity index (χ0) is 19.5. The van der Waals surface area contributed by atoms with E-state index in [2.05, 4.69) is 15.5 Å². The van der Waals surface area contributed by atoms with Gasteiger partial charge in [0.15, 0.2) is 11.5 Å². The number of hydrogen-bond acceptors (Lipinski definition) is 8. The zero-order valence-corrected chi connectivity index (χ0v) is 16.0. The van der Waals surface area contributed by atoms with Crippen LogP contribution in [-0.4, -0.2) is 35.3 Å². The van der Waals surface area contributed by atoms with Gasteiger partial charge in [-0.3, -0.25) is 4.79 Å². The number of methoxy groups -OCH3 is 1. The van der Waals surface area contributed by atoms with Gasteiger partial charge in [0, 0.05) is 17.3 Å². The average Bonchev–Trinajstić information content (AvgIpc) is 3.36. The smallest absolute Gasteiger partial charge is 0.277 e. The standard InChI is InChI=1S/C19H17N3O5S/c1-11(17(23)20-13-4-3-5-14(9-13)24-2)28-19-22-21-18(27-19)12-6-7-15-16(8-12)26-10-25-15/h3-9,11H,10H2,1-2H3,(H,20,23)/t11-/m1/s1. The Hall–Kier alpha value is -3.20. The molecule has 1 amide bonds. The molecular weight excluding hydrogens is 382 g/mol. The quantitative estimate of drug-likeness (QED) is 0.628. The highest BCUT2D eigenvalue weighted by atomic mass is 32.2. The molecular formula is C19H17N3O5S. The fourth-order valence-electron chi connectivity index (χ4n) is 2.55. The zero-order valence-electron chi connectivity index (χ0n) is 15.2. The predicted molar refractivity (Wildman–Crippen MR) is 103 cm³/mol. The summed E-state index contributed by atoms with van der Waals surface area (Å²) in [5.74, 6) is 2.15. The first kappa shape index (κ1) is 18.2. The molecule has 144 valence electrons. The number of rotatable bonds is 6. The van der Waals surface area contributed by atoms with E-state index in [1.165, 1.54) is 11.8 Å². The number of benzene rings is 2. The minimum absolute atomic E-state index is 0.180. The molecule has 1 N–H and O–H groups in total. The lowest BCUT2D eigenvalue weighted by atomic mass is 10.2. The Balaban J connectivity index is 1.41. The molecule has 3 aromatic rings. The Kier molecular flexibility index (Phi) is 5.07. The van der Waals surface area contributed by atoms with Crippen LogP contribution in [-0.2, 0) is 4.79 Å². The van der Waals surface area contributed by atoms with Gasteiger partial charge in [0.25, 0.3) is 5.22 Å². The van der Waals surface area contributed by atoms with Crippen molar-refractivity contribution in [2.45, 2.75) is 17.4 Å². The van der Waals surface area contributed by atoms with Crippen molar-refractivity contribution in [2.24, 2.45) is 0 Å². The molecule has 1 aromatic heterocycles. The van der Waals surface area contributed by atoms with E-state index >= 15 is 0 Å². The molecule has 1 aliphatic rings. The van der Waals surface area contributed by atoms with Gasteiger partial charge in [-0.2, -0.15) is 0 Å². The largest absolute Gasteiger partial charge is 0.497 e. The summed E-state index contributed by atoms with van der Waals surface area (Å²) in [5.41, 5.74) is 1.38. The Labute approximate surface area is 165 Å². The predicted octanol–water partition coefficient (Wildman–Crippen LogP) is 3.59. The van der Waals surface area contributed by atoms with Crippen LogP contribution in [0.4, 0.5) is 5.69 Å². The maximum atomic E-state index is 12.4. The second kappa shape index (κ2) is 7.81. The molecule has 0 bridgehead atoms. The van der Waals surface area contributed by atoms with E-state index in [-0.39, 0.29) is 12.7 Å². The third-order valence-electron chi connectivity index (χ3n) is 4.01. The van der Waals surface area contributed by atoms with Gasteiger partial charge in [-0.15, -0.1) is 10.2 Å². The van der Waals surface area contributed by atoms with Crippen LogP contribution in [0.15, 0.2) is 52.1 Å². The molecule has 0 aliphatic carbocycles. The van der Waals surface area contributed by atoms with E-state index in [0.29, 0.717) is 34.0 Å². The fraction of sp³-hybridized carbons (Fsp3) is 0.211. The minimum atomic E-state index is -0.434. The first-order valence-corrected chi connectivity index (χ1v) is 9.35. The maximum Gasteiger partial charge on any atom is 0.277 e. The van der Waals surface area contributed by atoms with Gasteiger partial charge in [-0.25, -0.2) is 0 Å². The number of fused-ring (bicyclic) bond motifs is 1. The lowest BCUT2D eigenvalue weighted by Crippen LogP contribution is -2.22. The summed E-state index contributed by atoms with van der Waals surface area (Å²) in [5, 5.41) is 10.8. The van der Waals surface area contributed by atoms with Crippen LogP contribution in [0.25, 0.3) is 11.5 Å². The van der Waals surface area contributed by atoms with Gasteiger partial charge >= 0.3 is 0 Å². The van der Waals surface area contributed by atoms with E-state index < -0.39 is 5.25 Å². The van der Waals surface area contributed by atoms with Crippen LogP contribution in [0.5, 0.6) is 17.2 Å². The first-order valence-electron chi connectivity index (χ1n) is 8.47. The molecule has 4 rings (SSSR count). The lowest BCUT2D eigenvalue weighted by molar-refractivity contribution is -0.115. The summed E-state index contributed by atoms with van der Waals surface area (Å²) in [6.45, 7) is 1.97. The van der Waals surface area contributed by atoms with Gasteiger partial charge in [0.2, 0.25) is 18.6 Å². The number of carbonyl (C=O) groups is 1. The third kappa shape index (κ3) is 3.89. The number of carbonyl (C=O) groups excluding carboxylic acids is 1. The van der Waals surface area contributed by atoms with Crippen molar-refractivity contribution in [2.75, 3.05) is 19.2 Å². The summed E-state index contributed by atoms with van der Waals surface area (Å²) >= 11 is 1.18. The molecule has 9 heteroatoms. The summed E-state index contributed by atoms with van der Waals surface area (Å²) in [4.78, 5) is 12.4. The molecule has 0 fully saturated rings. The Morgan fingerprint density at radius 3 is 2.89 bits per heavy atom. The fourth-order valence-corrected chi connectivity index (χ4v) is 3.24. The van der Waals surface area contributed by atoms with E-state index in [9.17, 15) is 4.79 Å². The minimum Gasteiger partial charge on any atom is -0.497 e.